The van der Waals surface area contributed by atoms with Crippen molar-refractivity contribution in [1.82, 2.24) is 29.3 Å². The second kappa shape index (κ2) is 13.8. The van der Waals surface area contributed by atoms with E-state index in [1.165, 1.54) is 0 Å². The third-order valence-corrected chi connectivity index (χ3v) is 10.1. The van der Waals surface area contributed by atoms with E-state index in [0.29, 0.717) is 35.8 Å². The molecule has 0 spiro atoms. The van der Waals surface area contributed by atoms with Crippen molar-refractivity contribution >= 4 is 22.4 Å². The molecule has 0 aliphatic carbocycles. The Morgan fingerprint density at radius 3 is 2.76 bits per heavy atom. The van der Waals surface area contributed by atoms with Crippen LogP contribution in [0.25, 0.3) is 0 Å². The van der Waals surface area contributed by atoms with Gasteiger partial charge in [-0.2, -0.15) is 4.31 Å². The van der Waals surface area contributed by atoms with E-state index in [-0.39, 0.29) is 18.4 Å². The number of hydrogen-bond donors (Lipinski definition) is 3. The van der Waals surface area contributed by atoms with Crippen LogP contribution in [0.3, 0.4) is 0 Å². The Kier molecular flexibility index (Phi) is 10.00. The third kappa shape index (κ3) is 7.42. The van der Waals surface area contributed by atoms with Gasteiger partial charge in [-0.05, 0) is 80.5 Å². The van der Waals surface area contributed by atoms with Crippen LogP contribution in [0.5, 0.6) is 0 Å². The van der Waals surface area contributed by atoms with E-state index in [0.717, 1.165) is 35.3 Å². The molecule has 45 heavy (non-hydrogen) atoms. The van der Waals surface area contributed by atoms with E-state index in [4.69, 9.17) is 4.74 Å². The Hall–Kier alpha value is -3.68. The predicted octanol–water partition coefficient (Wildman–Crippen LogP) is 6.43. The lowest BCUT2D eigenvalue weighted by Gasteiger charge is -2.43. The van der Waals surface area contributed by atoms with Crippen molar-refractivity contribution in [3.8, 4) is 0 Å². The highest BCUT2D eigenvalue weighted by molar-refractivity contribution is 8.22. The standard InChI is InChI=1S/C33H43N7O4S/c1-6-15-39-21-28(37-38-39)22-44-31(33(4,5)32(41)36-27-9-7-13-34-18-27)25-12-11-24(3)26(17-25)20-40-19-23(2)16-29-30(45(40,42)43)10-8-14-35-29/h7-14,17-18,21,23,31,42-43H,6,15-16,19-20,22H2,1-5H3,(H,36,41). The summed E-state index contributed by atoms with van der Waals surface area (Å²) in [6.07, 6.45) is 7.75. The quantitative estimate of drug-likeness (QED) is 0.171. The average Bonchev–Trinajstić information content (AvgIpc) is 3.42. The summed E-state index contributed by atoms with van der Waals surface area (Å²) >= 11 is 0. The van der Waals surface area contributed by atoms with Gasteiger partial charge in [0.1, 0.15) is 5.69 Å². The molecule has 4 aromatic rings. The first kappa shape index (κ1) is 32.7. The number of carbonyl (C=O) groups excluding carboxylic acids is 1. The maximum absolute atomic E-state index is 13.8. The first-order valence-electron chi connectivity index (χ1n) is 15.3. The summed E-state index contributed by atoms with van der Waals surface area (Å²) in [4.78, 5) is 22.8. The lowest BCUT2D eigenvalue weighted by atomic mass is 9.80. The van der Waals surface area contributed by atoms with Crippen molar-refractivity contribution in [3.05, 3.63) is 95.3 Å². The number of aryl methyl sites for hydroxylation is 2. The molecule has 0 saturated heterocycles. The molecular formula is C33H43N7O4S. The van der Waals surface area contributed by atoms with Gasteiger partial charge < -0.3 is 10.1 Å². The Morgan fingerprint density at radius 1 is 1.20 bits per heavy atom. The molecule has 5 rings (SSSR count). The SMILES string of the molecule is CCCn1cc(COC(c2ccc(C)c(CN3CC(C)Cc4ncccc4S3(O)O)c2)C(C)(C)C(=O)Nc2cccnc2)nn1. The summed E-state index contributed by atoms with van der Waals surface area (Å²) in [5.74, 6) is -0.0555. The fraction of sp³-hybridized carbons (Fsp3) is 0.424. The van der Waals surface area contributed by atoms with Crippen LogP contribution < -0.4 is 5.32 Å². The van der Waals surface area contributed by atoms with Crippen LogP contribution in [0, 0.1) is 18.3 Å². The zero-order valence-electron chi connectivity index (χ0n) is 26.6. The molecule has 0 radical (unpaired) electrons. The third-order valence-electron chi connectivity index (χ3n) is 8.18. The van der Waals surface area contributed by atoms with E-state index in [9.17, 15) is 13.9 Å². The number of hydrogen-bond acceptors (Lipinski definition) is 9. The maximum atomic E-state index is 13.8. The minimum Gasteiger partial charge on any atom is -0.366 e. The molecule has 3 aromatic heterocycles. The lowest BCUT2D eigenvalue weighted by molar-refractivity contribution is -0.134. The molecule has 11 nitrogen and oxygen atoms in total. The molecule has 240 valence electrons. The topological polar surface area (TPSA) is 139 Å². The van der Waals surface area contributed by atoms with Crippen LogP contribution in [-0.2, 0) is 35.6 Å². The number of nitrogens with one attached hydrogen (secondary N) is 1. The minimum atomic E-state index is -3.27. The summed E-state index contributed by atoms with van der Waals surface area (Å²) in [6.45, 7) is 11.6. The smallest absolute Gasteiger partial charge is 0.233 e. The van der Waals surface area contributed by atoms with Gasteiger partial charge in [0.05, 0.1) is 46.8 Å². The number of anilines is 1. The van der Waals surface area contributed by atoms with E-state index < -0.39 is 22.3 Å². The van der Waals surface area contributed by atoms with Crippen molar-refractivity contribution in [2.24, 2.45) is 11.3 Å². The van der Waals surface area contributed by atoms with Gasteiger partial charge in [-0.15, -0.1) is 15.9 Å². The first-order chi connectivity index (χ1) is 21.5. The van der Waals surface area contributed by atoms with Gasteiger partial charge >= 0.3 is 0 Å². The normalized spacial score (nSPS) is 18.1. The Bertz CT molecular complexity index is 1610. The van der Waals surface area contributed by atoms with Crippen molar-refractivity contribution in [2.75, 3.05) is 11.9 Å². The van der Waals surface area contributed by atoms with Crippen LogP contribution in [0.1, 0.15) is 68.3 Å². The number of ether oxygens (including phenoxy) is 1. The fourth-order valence-electron chi connectivity index (χ4n) is 5.66. The summed E-state index contributed by atoms with van der Waals surface area (Å²) in [6, 6.07) is 13.0. The Labute approximate surface area is 266 Å². The molecule has 0 fully saturated rings. The minimum absolute atomic E-state index is 0.162. The monoisotopic (exact) mass is 633 g/mol. The highest BCUT2D eigenvalue weighted by Gasteiger charge is 2.40. The average molecular weight is 634 g/mol. The van der Waals surface area contributed by atoms with Crippen molar-refractivity contribution in [2.45, 2.75) is 78.2 Å². The van der Waals surface area contributed by atoms with Gasteiger partial charge in [0.25, 0.3) is 0 Å². The zero-order chi connectivity index (χ0) is 32.2. The largest absolute Gasteiger partial charge is 0.366 e. The second-order valence-corrected chi connectivity index (χ2v) is 14.4. The van der Waals surface area contributed by atoms with Gasteiger partial charge in [0.15, 0.2) is 0 Å². The van der Waals surface area contributed by atoms with E-state index >= 15 is 0 Å². The summed E-state index contributed by atoms with van der Waals surface area (Å²) in [7, 11) is -3.27. The van der Waals surface area contributed by atoms with Crippen LogP contribution in [0.15, 0.2) is 72.1 Å². The molecule has 1 aliphatic rings. The fourth-order valence-corrected chi connectivity index (χ4v) is 7.43. The molecule has 2 unspecified atom stereocenters. The number of rotatable bonds is 11. The molecule has 0 bridgehead atoms. The number of amides is 1. The number of pyridine rings is 2. The van der Waals surface area contributed by atoms with Gasteiger partial charge in [0.2, 0.25) is 5.91 Å². The summed E-state index contributed by atoms with van der Waals surface area (Å²) in [5.41, 5.74) is 3.68. The molecule has 0 saturated carbocycles. The highest BCUT2D eigenvalue weighted by atomic mass is 32.3. The number of aromatic nitrogens is 5. The second-order valence-electron chi connectivity index (χ2n) is 12.4. The predicted molar refractivity (Wildman–Crippen MR) is 174 cm³/mol. The van der Waals surface area contributed by atoms with Crippen molar-refractivity contribution in [1.29, 1.82) is 0 Å². The molecule has 3 N–H and O–H groups in total. The van der Waals surface area contributed by atoms with Gasteiger partial charge in [-0.1, -0.05) is 37.3 Å². The maximum Gasteiger partial charge on any atom is 0.233 e. The number of fused-ring (bicyclic) bond motifs is 1. The number of carbonyl (C=O) groups is 1. The zero-order valence-corrected chi connectivity index (χ0v) is 27.4. The van der Waals surface area contributed by atoms with E-state index in [2.05, 4.69) is 39.4 Å². The van der Waals surface area contributed by atoms with E-state index in [1.807, 2.05) is 45.2 Å². The van der Waals surface area contributed by atoms with Crippen molar-refractivity contribution in [3.63, 3.8) is 0 Å². The molecule has 1 aliphatic heterocycles. The van der Waals surface area contributed by atoms with Crippen molar-refractivity contribution < 1.29 is 18.6 Å². The number of benzene rings is 1. The highest BCUT2D eigenvalue weighted by Crippen LogP contribution is 2.55. The Balaban J connectivity index is 1.47. The van der Waals surface area contributed by atoms with E-state index in [1.54, 1.807) is 51.8 Å². The molecule has 2 atom stereocenters. The molecule has 1 aromatic carbocycles. The molecule has 4 heterocycles. The first-order valence-corrected chi connectivity index (χ1v) is 16.8. The summed E-state index contributed by atoms with van der Waals surface area (Å²) < 4.78 is 33.1. The van der Waals surface area contributed by atoms with Gasteiger partial charge in [-0.25, -0.2) is 0 Å². The van der Waals surface area contributed by atoms with Gasteiger partial charge in [-0.3, -0.25) is 28.5 Å². The van der Waals surface area contributed by atoms with Crippen LogP contribution >= 0.6 is 10.8 Å². The van der Waals surface area contributed by atoms with Crippen LogP contribution in [0.4, 0.5) is 5.69 Å². The van der Waals surface area contributed by atoms with Gasteiger partial charge in [0, 0.05) is 32.0 Å². The lowest BCUT2D eigenvalue weighted by Crippen LogP contribution is -2.38. The Morgan fingerprint density at radius 2 is 2.00 bits per heavy atom. The van der Waals surface area contributed by atoms with Crippen LogP contribution in [0.2, 0.25) is 0 Å². The molecule has 12 heteroatoms. The number of nitrogens with zero attached hydrogens (tertiary/aromatic N) is 6. The molecule has 1 amide bonds. The summed E-state index contributed by atoms with van der Waals surface area (Å²) in [5, 5.41) is 11.4. The molecular weight excluding hydrogens is 590 g/mol. The van der Waals surface area contributed by atoms with Crippen LogP contribution in [-0.4, -0.2) is 50.8 Å².